The van der Waals surface area contributed by atoms with E-state index in [2.05, 4.69) is 29.0 Å². The average Bonchev–Trinajstić information content (AvgIpc) is 3.27. The number of anilines is 2. The number of rotatable bonds is 4. The molecule has 0 radical (unpaired) electrons. The van der Waals surface area contributed by atoms with E-state index in [4.69, 9.17) is 0 Å². The van der Waals surface area contributed by atoms with Gasteiger partial charge in [0, 0.05) is 29.5 Å². The smallest absolute Gasteiger partial charge is 0.188 e. The molecule has 4 aromatic rings. The molecule has 0 amide bonds. The largest absolute Gasteiger partial charge is 0.313 e. The highest BCUT2D eigenvalue weighted by atomic mass is 127. The lowest BCUT2D eigenvalue weighted by Crippen LogP contribution is -2.01. The number of halogens is 1. The maximum Gasteiger partial charge on any atom is 0.188 e. The second-order valence-electron chi connectivity index (χ2n) is 4.33. The maximum absolute atomic E-state index is 4.47. The van der Waals surface area contributed by atoms with Crippen molar-refractivity contribution in [3.8, 4) is 11.3 Å². The summed E-state index contributed by atoms with van der Waals surface area (Å²) in [6, 6.07) is 0. The normalized spacial score (nSPS) is 11.0. The molecule has 0 atom stereocenters. The molecule has 4 aromatic heterocycles. The first-order valence-corrected chi connectivity index (χ1v) is 8.21. The van der Waals surface area contributed by atoms with E-state index in [1.54, 1.807) is 29.6 Å². The summed E-state index contributed by atoms with van der Waals surface area (Å²) in [6.07, 6.45) is 10.8. The molecule has 0 saturated carbocycles. The third-order valence-electron chi connectivity index (χ3n) is 3.05. The van der Waals surface area contributed by atoms with Crippen molar-refractivity contribution in [2.45, 2.75) is 0 Å². The van der Waals surface area contributed by atoms with E-state index in [9.17, 15) is 0 Å². The number of aromatic nitrogens is 6. The van der Waals surface area contributed by atoms with Gasteiger partial charge in [-0.2, -0.15) is 9.89 Å². The molecule has 0 fully saturated rings. The molecule has 4 rings (SSSR count). The third-order valence-corrected chi connectivity index (χ3v) is 4.23. The zero-order valence-electron chi connectivity index (χ0n) is 11.0. The molecular weight excluding hydrogens is 415 g/mol. The minimum absolute atomic E-state index is 0.670. The van der Waals surface area contributed by atoms with Crippen LogP contribution in [0.1, 0.15) is 0 Å². The molecule has 0 aromatic carbocycles. The molecule has 0 spiro atoms. The van der Waals surface area contributed by atoms with E-state index in [0.29, 0.717) is 5.82 Å². The van der Waals surface area contributed by atoms with E-state index >= 15 is 0 Å². The lowest BCUT2D eigenvalue weighted by Gasteiger charge is -2.04. The summed E-state index contributed by atoms with van der Waals surface area (Å²) in [6.45, 7) is 0. The second-order valence-corrected chi connectivity index (χ2v) is 5.71. The van der Waals surface area contributed by atoms with E-state index in [0.717, 1.165) is 22.0 Å². The molecule has 2 N–H and O–H groups in total. The van der Waals surface area contributed by atoms with Crippen LogP contribution in [0, 0.1) is 0 Å². The molecular formula is C12H9IN8S. The van der Waals surface area contributed by atoms with Gasteiger partial charge in [0.05, 0.1) is 47.1 Å². The van der Waals surface area contributed by atoms with Gasteiger partial charge in [-0.25, -0.2) is 18.6 Å². The van der Waals surface area contributed by atoms with Crippen LogP contribution in [0.5, 0.6) is 0 Å². The molecule has 0 aliphatic carbocycles. The van der Waals surface area contributed by atoms with E-state index < -0.39 is 0 Å². The maximum atomic E-state index is 4.47. The van der Waals surface area contributed by atoms with Crippen molar-refractivity contribution in [1.82, 2.24) is 29.2 Å². The van der Waals surface area contributed by atoms with E-state index in [1.807, 2.05) is 45.0 Å². The van der Waals surface area contributed by atoms with Gasteiger partial charge < -0.3 is 5.32 Å². The predicted molar refractivity (Wildman–Crippen MR) is 93.0 cm³/mol. The fourth-order valence-corrected chi connectivity index (χ4v) is 2.90. The summed E-state index contributed by atoms with van der Waals surface area (Å²) >= 11 is 3.54. The van der Waals surface area contributed by atoms with Crippen LogP contribution < -0.4 is 8.96 Å². The molecule has 10 heteroatoms. The Labute approximate surface area is 142 Å². The van der Waals surface area contributed by atoms with Gasteiger partial charge in [0.25, 0.3) is 0 Å². The van der Waals surface area contributed by atoms with Crippen molar-refractivity contribution >= 4 is 50.8 Å². The molecule has 0 unspecified atom stereocenters. The Kier molecular flexibility index (Phi) is 3.38. The summed E-state index contributed by atoms with van der Waals surface area (Å²) < 4.78 is 4.88. The Balaban J connectivity index is 1.79. The first-order valence-electron chi connectivity index (χ1n) is 6.25. The third kappa shape index (κ3) is 2.29. The lowest BCUT2D eigenvalue weighted by molar-refractivity contribution is 0.844. The Hall–Kier alpha value is -2.21. The summed E-state index contributed by atoms with van der Waals surface area (Å²) in [4.78, 5) is 14.6. The highest BCUT2D eigenvalue weighted by molar-refractivity contribution is 14.1. The Morgan fingerprint density at radius 3 is 2.86 bits per heavy atom. The lowest BCUT2D eigenvalue weighted by atomic mass is 10.3. The van der Waals surface area contributed by atoms with Gasteiger partial charge >= 0.3 is 0 Å². The fraction of sp³-hybridized carbons (Fsp3) is 0. The van der Waals surface area contributed by atoms with Crippen molar-refractivity contribution in [1.29, 1.82) is 0 Å². The monoisotopic (exact) mass is 424 g/mol. The van der Waals surface area contributed by atoms with E-state index in [-0.39, 0.29) is 0 Å². The Morgan fingerprint density at radius 1 is 1.14 bits per heavy atom. The van der Waals surface area contributed by atoms with Crippen molar-refractivity contribution in [2.24, 2.45) is 0 Å². The standard InChI is InChI=1S/C12H9IN8S/c13-19-21-7-8(5-17-21)9-6-16-11-10(14-1-3-20(9)11)18-12-15-2-4-22-12/h1-7,19H,(H,14,15,18). The zero-order valence-corrected chi connectivity index (χ0v) is 14.0. The molecule has 110 valence electrons. The number of nitrogens with zero attached hydrogens (tertiary/aromatic N) is 6. The van der Waals surface area contributed by atoms with Crippen molar-refractivity contribution in [3.63, 3.8) is 0 Å². The molecule has 0 bridgehead atoms. The van der Waals surface area contributed by atoms with Crippen LogP contribution in [0.2, 0.25) is 0 Å². The number of thiazole rings is 1. The highest BCUT2D eigenvalue weighted by Gasteiger charge is 2.12. The van der Waals surface area contributed by atoms with Crippen LogP contribution >= 0.6 is 34.2 Å². The number of nitrogens with one attached hydrogen (secondary N) is 2. The minimum Gasteiger partial charge on any atom is -0.313 e. The molecule has 8 nitrogen and oxygen atoms in total. The highest BCUT2D eigenvalue weighted by Crippen LogP contribution is 2.25. The van der Waals surface area contributed by atoms with Gasteiger partial charge in [-0.1, -0.05) is 0 Å². The number of fused-ring (bicyclic) bond motifs is 1. The summed E-state index contributed by atoms with van der Waals surface area (Å²) in [5.41, 5.74) is 2.64. The van der Waals surface area contributed by atoms with Crippen LogP contribution in [0.3, 0.4) is 0 Å². The Morgan fingerprint density at radius 2 is 2.09 bits per heavy atom. The Bertz CT molecular complexity index is 912. The summed E-state index contributed by atoms with van der Waals surface area (Å²) in [5.74, 6) is 0.670. The molecule has 0 aliphatic rings. The minimum atomic E-state index is 0.670. The van der Waals surface area contributed by atoms with Gasteiger partial charge in [-0.05, 0) is 0 Å². The quantitative estimate of drug-likeness (QED) is 0.387. The zero-order chi connectivity index (χ0) is 14.9. The fourth-order valence-electron chi connectivity index (χ4n) is 2.11. The average molecular weight is 424 g/mol. The topological polar surface area (TPSA) is 85.0 Å². The van der Waals surface area contributed by atoms with Gasteiger partial charge in [-0.15, -0.1) is 11.3 Å². The van der Waals surface area contributed by atoms with Gasteiger partial charge in [0.2, 0.25) is 0 Å². The summed E-state index contributed by atoms with van der Waals surface area (Å²) in [7, 11) is 0. The molecule has 22 heavy (non-hydrogen) atoms. The molecule has 0 saturated heterocycles. The van der Waals surface area contributed by atoms with Crippen LogP contribution in [0.15, 0.2) is 42.6 Å². The van der Waals surface area contributed by atoms with Gasteiger partial charge in [0.15, 0.2) is 16.6 Å². The number of imidazole rings is 1. The number of hydrogen-bond acceptors (Lipinski definition) is 7. The van der Waals surface area contributed by atoms with Gasteiger partial charge in [-0.3, -0.25) is 4.40 Å². The van der Waals surface area contributed by atoms with Gasteiger partial charge in [0.1, 0.15) is 0 Å². The van der Waals surface area contributed by atoms with Crippen molar-refractivity contribution < 1.29 is 0 Å². The SMILES string of the molecule is INn1cc(-c2cnc3c(Nc4nccs4)nccn23)cn1. The van der Waals surface area contributed by atoms with Crippen molar-refractivity contribution in [2.75, 3.05) is 8.96 Å². The van der Waals surface area contributed by atoms with Crippen LogP contribution in [0.4, 0.5) is 10.9 Å². The first-order chi connectivity index (χ1) is 10.8. The predicted octanol–water partition coefficient (Wildman–Crippen LogP) is 2.69. The number of hydrogen-bond donors (Lipinski definition) is 2. The first kappa shape index (κ1) is 13.5. The molecule has 4 heterocycles. The van der Waals surface area contributed by atoms with Crippen LogP contribution in [0.25, 0.3) is 16.9 Å². The molecule has 0 aliphatic heterocycles. The van der Waals surface area contributed by atoms with E-state index in [1.165, 1.54) is 11.3 Å². The van der Waals surface area contributed by atoms with Crippen molar-refractivity contribution in [3.05, 3.63) is 42.6 Å². The van der Waals surface area contributed by atoms with Crippen LogP contribution in [-0.4, -0.2) is 29.2 Å². The summed E-state index contributed by atoms with van der Waals surface area (Å²) in [5, 5.41) is 10.1. The second kappa shape index (κ2) is 5.53. The van der Waals surface area contributed by atoms with Crippen LogP contribution in [-0.2, 0) is 0 Å².